The third kappa shape index (κ3) is 4.32. The predicted octanol–water partition coefficient (Wildman–Crippen LogP) is 12.5. The largest absolute Gasteiger partial charge is 0.310 e. The van der Waals surface area contributed by atoms with Gasteiger partial charge in [0.15, 0.2) is 0 Å². The number of fused-ring (bicyclic) bond motifs is 2. The number of hydrogen-bond donors (Lipinski definition) is 0. The molecule has 0 radical (unpaired) electrons. The fourth-order valence-electron chi connectivity index (χ4n) is 6.99. The number of anilines is 3. The van der Waals surface area contributed by atoms with E-state index >= 15 is 0 Å². The van der Waals surface area contributed by atoms with Gasteiger partial charge in [-0.05, 0) is 108 Å². The van der Waals surface area contributed by atoms with E-state index in [0.717, 1.165) is 11.4 Å². The van der Waals surface area contributed by atoms with Gasteiger partial charge in [0.2, 0.25) is 0 Å². The van der Waals surface area contributed by atoms with Crippen molar-refractivity contribution in [2.45, 2.75) is 0 Å². The van der Waals surface area contributed by atoms with Crippen molar-refractivity contribution >= 4 is 83.1 Å². The zero-order chi connectivity index (χ0) is 29.7. The molecule has 45 heavy (non-hydrogen) atoms. The molecule has 0 fully saturated rings. The Morgan fingerprint density at radius 3 is 1.71 bits per heavy atom. The van der Waals surface area contributed by atoms with Crippen LogP contribution in [0.3, 0.4) is 0 Å². The summed E-state index contributed by atoms with van der Waals surface area (Å²) in [6, 6.07) is 59.4. The summed E-state index contributed by atoms with van der Waals surface area (Å²) in [5.41, 5.74) is 5.90. The first kappa shape index (κ1) is 25.6. The molecule has 0 aliphatic rings. The fraction of sp³-hybridized carbons (Fsp3) is 0. The topological polar surface area (TPSA) is 3.24 Å². The zero-order valence-corrected chi connectivity index (χ0v) is 24.7. The summed E-state index contributed by atoms with van der Waals surface area (Å²) in [5.74, 6) is 0. The van der Waals surface area contributed by atoms with Crippen LogP contribution in [0.5, 0.6) is 0 Å². The van der Waals surface area contributed by atoms with Crippen molar-refractivity contribution in [1.29, 1.82) is 0 Å². The summed E-state index contributed by atoms with van der Waals surface area (Å²) in [6.45, 7) is 0. The van der Waals surface area contributed by atoms with Gasteiger partial charge >= 0.3 is 0 Å². The van der Waals surface area contributed by atoms with E-state index in [1.165, 1.54) is 70.7 Å². The number of nitrogens with zero attached hydrogens (tertiary/aromatic N) is 1. The van der Waals surface area contributed by atoms with Gasteiger partial charge in [0.25, 0.3) is 0 Å². The van der Waals surface area contributed by atoms with Gasteiger partial charge in [-0.15, -0.1) is 0 Å². The first-order valence-corrected chi connectivity index (χ1v) is 15.5. The number of rotatable bonds is 5. The van der Waals surface area contributed by atoms with Crippen LogP contribution in [0.1, 0.15) is 11.1 Å². The van der Waals surface area contributed by atoms with E-state index in [2.05, 4.69) is 181 Å². The smallest absolute Gasteiger partial charge is 0.0546 e. The maximum absolute atomic E-state index is 2.38. The van der Waals surface area contributed by atoms with Gasteiger partial charge in [-0.3, -0.25) is 0 Å². The Balaban J connectivity index is 1.20. The van der Waals surface area contributed by atoms with E-state index in [1.54, 1.807) is 0 Å². The molecular weight excluding hydrogens is 542 g/mol. The third-order valence-corrected chi connectivity index (χ3v) is 9.11. The van der Waals surface area contributed by atoms with Crippen molar-refractivity contribution in [3.63, 3.8) is 0 Å². The Kier molecular flexibility index (Phi) is 5.89. The minimum atomic E-state index is 1.14. The number of benzene rings is 9. The van der Waals surface area contributed by atoms with Crippen molar-refractivity contribution in [2.24, 2.45) is 0 Å². The average molecular weight is 572 g/mol. The third-order valence-electron chi connectivity index (χ3n) is 9.11. The van der Waals surface area contributed by atoms with Crippen molar-refractivity contribution in [2.75, 3.05) is 4.90 Å². The zero-order valence-electron chi connectivity index (χ0n) is 24.7. The molecule has 9 rings (SSSR count). The van der Waals surface area contributed by atoms with Gasteiger partial charge in [0.1, 0.15) is 0 Å². The van der Waals surface area contributed by atoms with E-state index in [-0.39, 0.29) is 0 Å². The maximum atomic E-state index is 2.38. The lowest BCUT2D eigenvalue weighted by Gasteiger charge is -2.28. The highest BCUT2D eigenvalue weighted by atomic mass is 15.1. The second-order valence-electron chi connectivity index (χ2n) is 11.8. The SMILES string of the molecule is C(=C\c1ccc2cc(N(c3ccccc3)c3ccccc3)c3cccc4ccc1c2c43)/c1ccc2cc3ccccc3cc2c1. The van der Waals surface area contributed by atoms with Crippen molar-refractivity contribution in [3.8, 4) is 0 Å². The highest BCUT2D eigenvalue weighted by Gasteiger charge is 2.19. The molecule has 0 saturated heterocycles. The molecule has 0 unspecified atom stereocenters. The molecule has 9 aromatic rings. The molecule has 0 saturated carbocycles. The highest BCUT2D eigenvalue weighted by Crippen LogP contribution is 2.45. The van der Waals surface area contributed by atoms with Gasteiger partial charge in [-0.1, -0.05) is 127 Å². The summed E-state index contributed by atoms with van der Waals surface area (Å²) in [4.78, 5) is 2.38. The van der Waals surface area contributed by atoms with Crippen molar-refractivity contribution in [1.82, 2.24) is 0 Å². The molecule has 0 atom stereocenters. The van der Waals surface area contributed by atoms with Crippen molar-refractivity contribution < 1.29 is 0 Å². The normalized spacial score (nSPS) is 11.9. The molecule has 1 heteroatoms. The van der Waals surface area contributed by atoms with E-state index in [1.807, 2.05) is 0 Å². The van der Waals surface area contributed by atoms with Crippen LogP contribution < -0.4 is 4.90 Å². The van der Waals surface area contributed by atoms with Gasteiger partial charge < -0.3 is 4.90 Å². The lowest BCUT2D eigenvalue weighted by molar-refractivity contribution is 1.30. The Labute approximate surface area is 262 Å². The molecule has 0 aliphatic heterocycles. The minimum absolute atomic E-state index is 1.14. The van der Waals surface area contributed by atoms with Gasteiger partial charge in [0.05, 0.1) is 5.69 Å². The summed E-state index contributed by atoms with van der Waals surface area (Å²) in [5, 5.41) is 12.7. The van der Waals surface area contributed by atoms with Crippen LogP contribution in [0, 0.1) is 0 Å². The molecular formula is C44H29N. The van der Waals surface area contributed by atoms with Gasteiger partial charge in [-0.2, -0.15) is 0 Å². The van der Waals surface area contributed by atoms with E-state index in [4.69, 9.17) is 0 Å². The van der Waals surface area contributed by atoms with E-state index in [0.29, 0.717) is 0 Å². The van der Waals surface area contributed by atoms with E-state index < -0.39 is 0 Å². The highest BCUT2D eigenvalue weighted by molar-refractivity contribution is 6.27. The molecule has 1 nitrogen and oxygen atoms in total. The van der Waals surface area contributed by atoms with Crippen LogP contribution in [0.15, 0.2) is 164 Å². The van der Waals surface area contributed by atoms with Crippen LogP contribution in [-0.2, 0) is 0 Å². The van der Waals surface area contributed by atoms with Crippen LogP contribution in [0.2, 0.25) is 0 Å². The first-order valence-electron chi connectivity index (χ1n) is 15.5. The Bertz CT molecular complexity index is 2490. The van der Waals surface area contributed by atoms with E-state index in [9.17, 15) is 0 Å². The van der Waals surface area contributed by atoms with Crippen LogP contribution in [0.4, 0.5) is 17.1 Å². The monoisotopic (exact) mass is 571 g/mol. The lowest BCUT2D eigenvalue weighted by atomic mass is 9.90. The summed E-state index contributed by atoms with van der Waals surface area (Å²) >= 11 is 0. The minimum Gasteiger partial charge on any atom is -0.310 e. The van der Waals surface area contributed by atoms with Gasteiger partial charge in [0, 0.05) is 16.8 Å². The molecule has 0 heterocycles. The molecule has 0 aromatic heterocycles. The molecule has 0 N–H and O–H groups in total. The Hall–Kier alpha value is -5.92. The standard InChI is InChI=1S/C44H29N/c1-3-13-38(14-4-1)45(39-15-5-2-6-16-39)42-29-36-23-22-31(40-25-24-32-12-9-17-41(42)43(32)44(36)40)20-18-30-19-21-35-27-33-10-7-8-11-34(33)28-37(35)26-30/h1-29H/b20-18+. The molecule has 0 bridgehead atoms. The predicted molar refractivity (Wildman–Crippen MR) is 195 cm³/mol. The maximum Gasteiger partial charge on any atom is 0.0546 e. The van der Waals surface area contributed by atoms with Crippen LogP contribution in [-0.4, -0.2) is 0 Å². The first-order chi connectivity index (χ1) is 22.3. The average Bonchev–Trinajstić information content (AvgIpc) is 3.10. The lowest BCUT2D eigenvalue weighted by Crippen LogP contribution is -2.10. The second kappa shape index (κ2) is 10.4. The molecule has 9 aromatic carbocycles. The second-order valence-corrected chi connectivity index (χ2v) is 11.8. The quantitative estimate of drug-likeness (QED) is 0.113. The molecule has 0 aliphatic carbocycles. The molecule has 210 valence electrons. The summed E-state index contributed by atoms with van der Waals surface area (Å²) < 4.78 is 0. The molecule has 0 amide bonds. The fourth-order valence-corrected chi connectivity index (χ4v) is 6.99. The molecule has 0 spiro atoms. The Morgan fingerprint density at radius 2 is 0.956 bits per heavy atom. The summed E-state index contributed by atoms with van der Waals surface area (Å²) in [6.07, 6.45) is 4.52. The number of hydrogen-bond acceptors (Lipinski definition) is 1. The number of para-hydroxylation sites is 2. The Morgan fingerprint density at radius 1 is 0.356 bits per heavy atom. The van der Waals surface area contributed by atoms with Crippen LogP contribution >= 0.6 is 0 Å². The summed E-state index contributed by atoms with van der Waals surface area (Å²) in [7, 11) is 0. The van der Waals surface area contributed by atoms with Crippen LogP contribution in [0.25, 0.3) is 66.0 Å². The van der Waals surface area contributed by atoms with Gasteiger partial charge in [-0.25, -0.2) is 0 Å². The van der Waals surface area contributed by atoms with Crippen molar-refractivity contribution in [3.05, 3.63) is 175 Å².